The molecule has 2 N–H and O–H groups in total. The summed E-state index contributed by atoms with van der Waals surface area (Å²) >= 11 is 0. The van der Waals surface area contributed by atoms with Crippen LogP contribution in [0.4, 0.5) is 10.5 Å². The molecule has 0 atom stereocenters. The smallest absolute Gasteiger partial charge is 0.351 e. The number of rotatable bonds is 8. The fraction of sp³-hybridized carbons (Fsp3) is 0.444. The molecule has 0 unspecified atom stereocenters. The van der Waals surface area contributed by atoms with E-state index in [1.165, 1.54) is 6.07 Å². The molecule has 0 bridgehead atoms. The number of nitrogens with zero attached hydrogens (tertiary/aromatic N) is 2. The van der Waals surface area contributed by atoms with E-state index in [-0.39, 0.29) is 30.0 Å². The quantitative estimate of drug-likeness (QED) is 0.664. The lowest BCUT2D eigenvalue weighted by molar-refractivity contribution is -0.170. The Bertz CT molecular complexity index is 701. The summed E-state index contributed by atoms with van der Waals surface area (Å²) in [5.41, 5.74) is 0.481. The van der Waals surface area contributed by atoms with E-state index in [9.17, 15) is 19.2 Å². The minimum absolute atomic E-state index is 0.0116. The number of carbonyl (C=O) groups is 4. The minimum Gasteiger partial charge on any atom is -0.351 e. The van der Waals surface area contributed by atoms with Crippen LogP contribution in [-0.4, -0.2) is 60.0 Å². The highest BCUT2D eigenvalue weighted by Gasteiger charge is 2.33. The van der Waals surface area contributed by atoms with Crippen molar-refractivity contribution in [3.63, 3.8) is 0 Å². The molecule has 0 aromatic heterocycles. The van der Waals surface area contributed by atoms with Gasteiger partial charge in [-0.25, -0.2) is 4.79 Å². The van der Waals surface area contributed by atoms with Crippen molar-refractivity contribution in [2.75, 3.05) is 31.5 Å². The third kappa shape index (κ3) is 5.52. The monoisotopic (exact) mass is 376 g/mol. The van der Waals surface area contributed by atoms with Gasteiger partial charge in [-0.3, -0.25) is 19.7 Å². The van der Waals surface area contributed by atoms with Crippen molar-refractivity contribution < 1.29 is 24.0 Å². The maximum Gasteiger partial charge on any atom is 0.436 e. The molecule has 146 valence electrons. The van der Waals surface area contributed by atoms with Crippen LogP contribution in [0.15, 0.2) is 24.3 Å². The fourth-order valence-corrected chi connectivity index (χ4v) is 2.63. The lowest BCUT2D eigenvalue weighted by atomic mass is 10.1. The second-order valence-corrected chi connectivity index (χ2v) is 5.91. The molecule has 4 amide bonds. The predicted molar refractivity (Wildman–Crippen MR) is 97.8 cm³/mol. The molecule has 1 aliphatic rings. The third-order valence-electron chi connectivity index (χ3n) is 4.20. The summed E-state index contributed by atoms with van der Waals surface area (Å²) < 4.78 is 0. The van der Waals surface area contributed by atoms with E-state index < -0.39 is 17.9 Å². The summed E-state index contributed by atoms with van der Waals surface area (Å²) in [7, 11) is 0. The number of hydroxylamine groups is 2. The Hall–Kier alpha value is -2.94. The fourth-order valence-electron chi connectivity index (χ4n) is 2.63. The number of para-hydroxylation sites is 1. The highest BCUT2D eigenvalue weighted by atomic mass is 16.7. The molecule has 2 rings (SSSR count). The van der Waals surface area contributed by atoms with Crippen LogP contribution in [-0.2, 0) is 14.4 Å². The molecule has 0 radical (unpaired) electrons. The Kier molecular flexibility index (Phi) is 7.30. The van der Waals surface area contributed by atoms with E-state index in [1.54, 1.807) is 18.2 Å². The second kappa shape index (κ2) is 9.67. The van der Waals surface area contributed by atoms with Gasteiger partial charge in [0, 0.05) is 25.9 Å². The van der Waals surface area contributed by atoms with Crippen LogP contribution < -0.4 is 10.6 Å². The van der Waals surface area contributed by atoms with Crippen molar-refractivity contribution >= 4 is 29.5 Å². The molecule has 1 aromatic rings. The molecule has 1 saturated heterocycles. The Labute approximate surface area is 157 Å². The van der Waals surface area contributed by atoms with Crippen LogP contribution >= 0.6 is 0 Å². The van der Waals surface area contributed by atoms with Gasteiger partial charge in [0.25, 0.3) is 17.7 Å². The first-order valence-electron chi connectivity index (χ1n) is 8.90. The first-order chi connectivity index (χ1) is 13.0. The van der Waals surface area contributed by atoms with Crippen LogP contribution in [0.5, 0.6) is 0 Å². The SMILES string of the molecule is CCN(CC)CCNC(=O)c1ccccc1NC(=O)ON1C(=O)CCC1=O. The summed E-state index contributed by atoms with van der Waals surface area (Å²) in [5, 5.41) is 5.66. The number of hydrogen-bond acceptors (Lipinski definition) is 6. The number of benzene rings is 1. The molecule has 1 heterocycles. The van der Waals surface area contributed by atoms with Crippen LogP contribution in [0.3, 0.4) is 0 Å². The highest BCUT2D eigenvalue weighted by molar-refractivity contribution is 6.04. The van der Waals surface area contributed by atoms with Crippen molar-refractivity contribution in [2.45, 2.75) is 26.7 Å². The van der Waals surface area contributed by atoms with E-state index in [0.29, 0.717) is 11.6 Å². The number of likely N-dealkylation sites (N-methyl/N-ethyl adjacent to an activating group) is 1. The molecule has 9 heteroatoms. The van der Waals surface area contributed by atoms with Gasteiger partial charge >= 0.3 is 6.09 Å². The average molecular weight is 376 g/mol. The maximum absolute atomic E-state index is 12.4. The maximum atomic E-state index is 12.4. The number of amides is 4. The molecular weight excluding hydrogens is 352 g/mol. The number of carbonyl (C=O) groups excluding carboxylic acids is 4. The van der Waals surface area contributed by atoms with Gasteiger partial charge in [0.2, 0.25) is 0 Å². The Morgan fingerprint density at radius 1 is 1.11 bits per heavy atom. The summed E-state index contributed by atoms with van der Waals surface area (Å²) in [6.45, 7) is 7.07. The molecule has 27 heavy (non-hydrogen) atoms. The first kappa shape index (κ1) is 20.4. The van der Waals surface area contributed by atoms with E-state index in [1.807, 2.05) is 13.8 Å². The molecule has 0 saturated carbocycles. The Balaban J connectivity index is 1.96. The number of nitrogens with one attached hydrogen (secondary N) is 2. The van der Waals surface area contributed by atoms with Crippen molar-refractivity contribution in [3.05, 3.63) is 29.8 Å². The van der Waals surface area contributed by atoms with E-state index >= 15 is 0 Å². The number of hydrogen-bond donors (Lipinski definition) is 2. The lowest BCUT2D eigenvalue weighted by Crippen LogP contribution is -2.36. The molecule has 1 fully saturated rings. The topological polar surface area (TPSA) is 108 Å². The summed E-state index contributed by atoms with van der Waals surface area (Å²) in [4.78, 5) is 54.4. The van der Waals surface area contributed by atoms with Crippen molar-refractivity contribution in [3.8, 4) is 0 Å². The standard InChI is InChI=1S/C18H24N4O5/c1-3-21(4-2)12-11-19-17(25)13-7-5-6-8-14(13)20-18(26)27-22-15(23)9-10-16(22)24/h5-8H,3-4,9-12H2,1-2H3,(H,19,25)(H,20,26). The normalized spacial score (nSPS) is 13.8. The molecular formula is C18H24N4O5. The van der Waals surface area contributed by atoms with E-state index in [0.717, 1.165) is 19.6 Å². The largest absolute Gasteiger partial charge is 0.436 e. The van der Waals surface area contributed by atoms with Gasteiger partial charge in [0.05, 0.1) is 11.3 Å². The summed E-state index contributed by atoms with van der Waals surface area (Å²) in [6.07, 6.45) is -0.989. The van der Waals surface area contributed by atoms with E-state index in [4.69, 9.17) is 4.84 Å². The van der Waals surface area contributed by atoms with Gasteiger partial charge < -0.3 is 15.1 Å². The predicted octanol–water partition coefficient (Wildman–Crippen LogP) is 1.37. The molecule has 1 aromatic carbocycles. The number of anilines is 1. The third-order valence-corrected chi connectivity index (χ3v) is 4.20. The molecule has 0 aliphatic carbocycles. The van der Waals surface area contributed by atoms with Crippen LogP contribution in [0.2, 0.25) is 0 Å². The van der Waals surface area contributed by atoms with Gasteiger partial charge in [0.15, 0.2) is 0 Å². The van der Waals surface area contributed by atoms with Crippen LogP contribution in [0.25, 0.3) is 0 Å². The summed E-state index contributed by atoms with van der Waals surface area (Å²) in [5.74, 6) is -1.48. The minimum atomic E-state index is -1.01. The van der Waals surface area contributed by atoms with Gasteiger partial charge in [-0.05, 0) is 25.2 Å². The van der Waals surface area contributed by atoms with Gasteiger partial charge in [-0.15, -0.1) is 5.06 Å². The number of imide groups is 1. The van der Waals surface area contributed by atoms with Gasteiger partial charge in [-0.1, -0.05) is 26.0 Å². The van der Waals surface area contributed by atoms with Crippen LogP contribution in [0.1, 0.15) is 37.0 Å². The molecule has 9 nitrogen and oxygen atoms in total. The molecule has 0 spiro atoms. The second-order valence-electron chi connectivity index (χ2n) is 5.91. The first-order valence-corrected chi connectivity index (χ1v) is 8.90. The Morgan fingerprint density at radius 3 is 2.37 bits per heavy atom. The van der Waals surface area contributed by atoms with Crippen molar-refractivity contribution in [1.82, 2.24) is 15.3 Å². The molecule has 1 aliphatic heterocycles. The van der Waals surface area contributed by atoms with E-state index in [2.05, 4.69) is 15.5 Å². The zero-order chi connectivity index (χ0) is 19.8. The average Bonchev–Trinajstić information content (AvgIpc) is 2.97. The van der Waals surface area contributed by atoms with Crippen LogP contribution in [0, 0.1) is 0 Å². The van der Waals surface area contributed by atoms with Crippen molar-refractivity contribution in [2.24, 2.45) is 0 Å². The zero-order valence-corrected chi connectivity index (χ0v) is 15.5. The highest BCUT2D eigenvalue weighted by Crippen LogP contribution is 2.17. The Morgan fingerprint density at radius 2 is 1.74 bits per heavy atom. The zero-order valence-electron chi connectivity index (χ0n) is 15.5. The van der Waals surface area contributed by atoms with Crippen molar-refractivity contribution in [1.29, 1.82) is 0 Å². The van der Waals surface area contributed by atoms with Gasteiger partial charge in [0.1, 0.15) is 0 Å². The lowest BCUT2D eigenvalue weighted by Gasteiger charge is -2.18. The summed E-state index contributed by atoms with van der Waals surface area (Å²) in [6, 6.07) is 6.42. The van der Waals surface area contributed by atoms with Gasteiger partial charge in [-0.2, -0.15) is 0 Å².